The zero-order valence-corrected chi connectivity index (χ0v) is 24.6. The van der Waals surface area contributed by atoms with E-state index in [1.54, 1.807) is 4.90 Å². The molecule has 4 atom stereocenters. The predicted octanol–water partition coefficient (Wildman–Crippen LogP) is 1.82. The van der Waals surface area contributed by atoms with Gasteiger partial charge in [-0.2, -0.15) is 0 Å². The summed E-state index contributed by atoms with van der Waals surface area (Å²) in [5, 5.41) is 24.5. The average Bonchev–Trinajstić information content (AvgIpc) is 3.34. The van der Waals surface area contributed by atoms with E-state index in [1.807, 2.05) is 54.6 Å². The lowest BCUT2D eigenvalue weighted by atomic mass is 9.92. The molecule has 5 rings (SSSR count). The van der Waals surface area contributed by atoms with Crippen LogP contribution in [-0.4, -0.2) is 80.4 Å². The Morgan fingerprint density at radius 1 is 0.953 bits per heavy atom. The van der Waals surface area contributed by atoms with Gasteiger partial charge in [-0.1, -0.05) is 54.6 Å². The summed E-state index contributed by atoms with van der Waals surface area (Å²) in [6.45, 7) is 1.60. The van der Waals surface area contributed by atoms with Crippen LogP contribution in [0.5, 0.6) is 0 Å². The number of ether oxygens (including phenoxy) is 1. The molecule has 1 aliphatic heterocycles. The molecular formula is C32H37N3O7S. The van der Waals surface area contributed by atoms with Gasteiger partial charge >= 0.3 is 0 Å². The molecule has 1 aliphatic carbocycles. The van der Waals surface area contributed by atoms with E-state index < -0.39 is 34.2 Å². The summed E-state index contributed by atoms with van der Waals surface area (Å²) in [5.41, 5.74) is 3.13. The van der Waals surface area contributed by atoms with E-state index in [0.29, 0.717) is 44.7 Å². The number of benzene rings is 3. The van der Waals surface area contributed by atoms with Gasteiger partial charge < -0.3 is 25.2 Å². The van der Waals surface area contributed by atoms with Gasteiger partial charge in [0.25, 0.3) is 5.91 Å². The number of aliphatic hydroxyl groups excluding tert-OH is 2. The Kier molecular flexibility index (Phi) is 9.89. The first kappa shape index (κ1) is 30.8. The quantitative estimate of drug-likeness (QED) is 0.260. The molecule has 1 saturated heterocycles. The summed E-state index contributed by atoms with van der Waals surface area (Å²) in [5.74, 6) is -1.19. The molecule has 2 amide bonds. The Morgan fingerprint density at radius 2 is 1.63 bits per heavy atom. The number of morpholine rings is 1. The second-order valence-electron chi connectivity index (χ2n) is 11.0. The third kappa shape index (κ3) is 7.67. The largest absolute Gasteiger partial charge is 0.392 e. The Labute approximate surface area is 251 Å². The highest BCUT2D eigenvalue weighted by atomic mass is 32.2. The van der Waals surface area contributed by atoms with Crippen molar-refractivity contribution in [3.05, 3.63) is 101 Å². The minimum atomic E-state index is -3.99. The highest BCUT2D eigenvalue weighted by Gasteiger charge is 2.34. The van der Waals surface area contributed by atoms with Crippen LogP contribution in [0.1, 0.15) is 39.5 Å². The van der Waals surface area contributed by atoms with Crippen molar-refractivity contribution in [3.63, 3.8) is 0 Å². The molecule has 1 fully saturated rings. The number of nitrogens with zero attached hydrogens (tertiary/aromatic N) is 1. The van der Waals surface area contributed by atoms with Crippen LogP contribution in [0.25, 0.3) is 0 Å². The monoisotopic (exact) mass is 607 g/mol. The van der Waals surface area contributed by atoms with Crippen LogP contribution in [0, 0.1) is 5.92 Å². The second kappa shape index (κ2) is 13.8. The molecular weight excluding hydrogens is 570 g/mol. The number of nitrogens with one attached hydrogen (secondary N) is 2. The second-order valence-corrected chi connectivity index (χ2v) is 12.8. The third-order valence-corrected chi connectivity index (χ3v) is 9.41. The van der Waals surface area contributed by atoms with Gasteiger partial charge in [0.15, 0.2) is 0 Å². The van der Waals surface area contributed by atoms with E-state index in [1.165, 1.54) is 24.3 Å². The van der Waals surface area contributed by atoms with Gasteiger partial charge in [0, 0.05) is 37.5 Å². The SMILES string of the molecule is O=C(N[C@H]1c2ccccc2C[C@H]1O)[C@H](Cc1ccccc1)C[C@H](O)CNS(=O)(=O)c1ccc(C(=O)N2CCOCC2)cc1. The van der Waals surface area contributed by atoms with Crippen LogP contribution in [0.2, 0.25) is 0 Å². The van der Waals surface area contributed by atoms with Crippen molar-refractivity contribution in [1.82, 2.24) is 14.9 Å². The molecule has 2 aliphatic rings. The number of fused-ring (bicyclic) bond motifs is 1. The van der Waals surface area contributed by atoms with E-state index in [2.05, 4.69) is 10.0 Å². The van der Waals surface area contributed by atoms with E-state index >= 15 is 0 Å². The van der Waals surface area contributed by atoms with Crippen molar-refractivity contribution in [2.45, 2.75) is 42.4 Å². The van der Waals surface area contributed by atoms with Gasteiger partial charge in [-0.15, -0.1) is 0 Å². The van der Waals surface area contributed by atoms with Gasteiger partial charge in [0.2, 0.25) is 15.9 Å². The summed E-state index contributed by atoms with van der Waals surface area (Å²) in [4.78, 5) is 27.8. The lowest BCUT2D eigenvalue weighted by Gasteiger charge is -2.26. The Hall–Kier alpha value is -3.61. The molecule has 0 aromatic heterocycles. The maximum absolute atomic E-state index is 13.5. The minimum absolute atomic E-state index is 0.000693. The number of rotatable bonds is 11. The van der Waals surface area contributed by atoms with Gasteiger partial charge in [0.05, 0.1) is 36.4 Å². The molecule has 3 aromatic rings. The first-order valence-electron chi connectivity index (χ1n) is 14.5. The van der Waals surface area contributed by atoms with Crippen molar-refractivity contribution in [1.29, 1.82) is 0 Å². The predicted molar refractivity (Wildman–Crippen MR) is 160 cm³/mol. The molecule has 4 N–H and O–H groups in total. The van der Waals surface area contributed by atoms with Crippen molar-refractivity contribution in [2.75, 3.05) is 32.8 Å². The number of aliphatic hydroxyl groups is 2. The third-order valence-electron chi connectivity index (χ3n) is 7.97. The summed E-state index contributed by atoms with van der Waals surface area (Å²) in [6.07, 6.45) is -1.14. The number of amides is 2. The molecule has 0 unspecified atom stereocenters. The Bertz CT molecular complexity index is 1510. The standard InChI is InChI=1S/C32H37N3O7S/c36-26(21-33-43(40,41)27-12-10-23(11-13-27)32(39)35-14-16-42-17-15-35)19-25(18-22-6-2-1-3-7-22)31(38)34-30-28-9-5-4-8-24(28)20-29(30)37/h1-13,25-26,29-30,33,36-37H,14-21H2,(H,34,38)/t25-,26+,29-,30+/m1/s1. The number of sulfonamides is 1. The van der Waals surface area contributed by atoms with Crippen LogP contribution in [0.3, 0.4) is 0 Å². The van der Waals surface area contributed by atoms with Gasteiger partial charge in [-0.05, 0) is 53.8 Å². The average molecular weight is 608 g/mol. The molecule has 0 saturated carbocycles. The summed E-state index contributed by atoms with van der Waals surface area (Å²) < 4.78 is 33.6. The Morgan fingerprint density at radius 3 is 2.35 bits per heavy atom. The summed E-state index contributed by atoms with van der Waals surface area (Å²) in [6, 6.07) is 22.1. The van der Waals surface area contributed by atoms with Crippen LogP contribution in [-0.2, 0) is 32.4 Å². The highest BCUT2D eigenvalue weighted by Crippen LogP contribution is 2.32. The molecule has 0 radical (unpaired) electrons. The van der Waals surface area contributed by atoms with Crippen LogP contribution < -0.4 is 10.0 Å². The fraction of sp³-hybridized carbons (Fsp3) is 0.375. The van der Waals surface area contributed by atoms with Gasteiger partial charge in [-0.25, -0.2) is 13.1 Å². The lowest BCUT2D eigenvalue weighted by molar-refractivity contribution is -0.127. The van der Waals surface area contributed by atoms with Crippen LogP contribution in [0.15, 0.2) is 83.8 Å². The van der Waals surface area contributed by atoms with Crippen LogP contribution >= 0.6 is 0 Å². The van der Waals surface area contributed by atoms with Crippen molar-refractivity contribution >= 4 is 21.8 Å². The van der Waals surface area contributed by atoms with Crippen molar-refractivity contribution < 1.29 is 33.0 Å². The first-order chi connectivity index (χ1) is 20.7. The maximum atomic E-state index is 13.5. The molecule has 1 heterocycles. The zero-order chi connectivity index (χ0) is 30.4. The fourth-order valence-corrected chi connectivity index (χ4v) is 6.70. The van der Waals surface area contributed by atoms with Crippen LogP contribution in [0.4, 0.5) is 0 Å². The van der Waals surface area contributed by atoms with E-state index in [-0.39, 0.29) is 29.7 Å². The number of hydrogen-bond acceptors (Lipinski definition) is 7. The smallest absolute Gasteiger partial charge is 0.254 e. The number of carbonyl (C=O) groups is 2. The molecule has 43 heavy (non-hydrogen) atoms. The van der Waals surface area contributed by atoms with Gasteiger partial charge in [0.1, 0.15) is 0 Å². The summed E-state index contributed by atoms with van der Waals surface area (Å²) in [7, 11) is -3.99. The van der Waals surface area contributed by atoms with E-state index in [0.717, 1.165) is 16.7 Å². The number of carbonyl (C=O) groups excluding carboxylic acids is 2. The maximum Gasteiger partial charge on any atom is 0.254 e. The first-order valence-corrected chi connectivity index (χ1v) is 15.9. The van der Waals surface area contributed by atoms with E-state index in [4.69, 9.17) is 4.74 Å². The lowest BCUT2D eigenvalue weighted by Crippen LogP contribution is -2.41. The minimum Gasteiger partial charge on any atom is -0.392 e. The molecule has 0 spiro atoms. The fourth-order valence-electron chi connectivity index (χ4n) is 5.63. The van der Waals surface area contributed by atoms with Crippen molar-refractivity contribution in [2.24, 2.45) is 5.92 Å². The summed E-state index contributed by atoms with van der Waals surface area (Å²) >= 11 is 0. The number of hydrogen-bond donors (Lipinski definition) is 4. The van der Waals surface area contributed by atoms with E-state index in [9.17, 15) is 28.2 Å². The molecule has 11 heteroatoms. The normalized spacial score (nSPS) is 19.8. The zero-order valence-electron chi connectivity index (χ0n) is 23.8. The molecule has 228 valence electrons. The topological polar surface area (TPSA) is 145 Å². The molecule has 10 nitrogen and oxygen atoms in total. The Balaban J connectivity index is 1.22. The molecule has 0 bridgehead atoms. The highest BCUT2D eigenvalue weighted by molar-refractivity contribution is 7.89. The van der Waals surface area contributed by atoms with Crippen molar-refractivity contribution in [3.8, 4) is 0 Å². The van der Waals surface area contributed by atoms with Gasteiger partial charge in [-0.3, -0.25) is 9.59 Å². The molecule has 3 aromatic carbocycles.